The number of hydrogen-bond donors (Lipinski definition) is 1. The van der Waals surface area contributed by atoms with E-state index in [1.165, 1.54) is 12.3 Å². The van der Waals surface area contributed by atoms with Crippen molar-refractivity contribution in [2.24, 2.45) is 5.92 Å². The molecule has 1 N–H and O–H groups in total. The second-order valence-electron chi connectivity index (χ2n) is 11.2. The number of amides is 2. The zero-order valence-electron chi connectivity index (χ0n) is 22.4. The molecule has 1 spiro atoms. The molecule has 6 rings (SSSR count). The van der Waals surface area contributed by atoms with Crippen LogP contribution in [0.4, 0.5) is 24.7 Å². The number of aromatic nitrogens is 2. The van der Waals surface area contributed by atoms with Crippen LogP contribution in [0, 0.1) is 18.7 Å². The molecule has 2 aromatic heterocycles. The highest BCUT2D eigenvalue weighted by Gasteiger charge is 2.58. The minimum atomic E-state index is -2.88. The lowest BCUT2D eigenvalue weighted by Gasteiger charge is -2.47. The maximum absolute atomic E-state index is 13.9. The van der Waals surface area contributed by atoms with Crippen LogP contribution in [-0.4, -0.2) is 47.5 Å². The zero-order chi connectivity index (χ0) is 28.9. The normalized spacial score (nSPS) is 21.3. The molecule has 1 aromatic carbocycles. The molecule has 11 heteroatoms. The Morgan fingerprint density at radius 3 is 2.56 bits per heavy atom. The Hall–Kier alpha value is -3.66. The van der Waals surface area contributed by atoms with E-state index in [1.807, 2.05) is 34.1 Å². The van der Waals surface area contributed by atoms with E-state index in [9.17, 15) is 22.8 Å². The van der Waals surface area contributed by atoms with Crippen LogP contribution in [0.15, 0.2) is 48.8 Å². The molecule has 3 aliphatic rings. The molecule has 1 saturated heterocycles. The van der Waals surface area contributed by atoms with Gasteiger partial charge >= 0.3 is 0 Å². The lowest BCUT2D eigenvalue weighted by molar-refractivity contribution is -0.124. The number of carbonyl (C=O) groups is 2. The van der Waals surface area contributed by atoms with Crippen LogP contribution in [0.25, 0.3) is 0 Å². The largest absolute Gasteiger partial charge is 0.354 e. The molecule has 2 amide bonds. The molecule has 2 aliphatic heterocycles. The lowest BCUT2D eigenvalue weighted by atomic mass is 9.74. The topological polar surface area (TPSA) is 78.4 Å². The lowest BCUT2D eigenvalue weighted by Crippen LogP contribution is -2.64. The SMILES string of the molecule is Cc1cc(N2CC3(C2)C(=O)N(C[C@H]2CC[C@H](NC(=O)c4cc(Cl)cnc4C(F)F)CC2)c2ccccc23)ncc1F. The summed E-state index contributed by atoms with van der Waals surface area (Å²) in [5.74, 6) is -0.00163. The van der Waals surface area contributed by atoms with Gasteiger partial charge in [0.05, 0.1) is 16.8 Å². The van der Waals surface area contributed by atoms with E-state index >= 15 is 0 Å². The van der Waals surface area contributed by atoms with Gasteiger partial charge in [-0.1, -0.05) is 29.8 Å². The van der Waals surface area contributed by atoms with E-state index in [0.29, 0.717) is 43.9 Å². The number of rotatable bonds is 6. The average molecular weight is 584 g/mol. The maximum atomic E-state index is 13.9. The van der Waals surface area contributed by atoms with Crippen molar-refractivity contribution in [2.45, 2.75) is 50.5 Å². The first kappa shape index (κ1) is 27.5. The molecular weight excluding hydrogens is 555 g/mol. The van der Waals surface area contributed by atoms with Crippen molar-refractivity contribution in [1.29, 1.82) is 0 Å². The predicted octanol–water partition coefficient (Wildman–Crippen LogP) is 5.61. The molecule has 3 aromatic rings. The summed E-state index contributed by atoms with van der Waals surface area (Å²) in [5, 5.41) is 2.99. The minimum Gasteiger partial charge on any atom is -0.354 e. The molecule has 7 nitrogen and oxygen atoms in total. The highest BCUT2D eigenvalue weighted by molar-refractivity contribution is 6.30. The number of para-hydroxylation sites is 1. The summed E-state index contributed by atoms with van der Waals surface area (Å²) in [5.41, 5.74) is 0.996. The molecule has 0 unspecified atom stereocenters. The number of benzene rings is 1. The van der Waals surface area contributed by atoms with E-state index in [-0.39, 0.29) is 34.3 Å². The molecule has 0 radical (unpaired) electrons. The van der Waals surface area contributed by atoms with Crippen LogP contribution in [0.1, 0.15) is 59.3 Å². The van der Waals surface area contributed by atoms with Crippen molar-refractivity contribution in [3.63, 3.8) is 0 Å². The Balaban J connectivity index is 1.10. The summed E-state index contributed by atoms with van der Waals surface area (Å²) in [6.45, 7) is 3.23. The first-order valence-electron chi connectivity index (χ1n) is 13.7. The number of halogens is 4. The van der Waals surface area contributed by atoms with Gasteiger partial charge in [0, 0.05) is 37.6 Å². The average Bonchev–Trinajstić information content (AvgIpc) is 3.18. The van der Waals surface area contributed by atoms with Gasteiger partial charge in [-0.15, -0.1) is 0 Å². The molecule has 1 aliphatic carbocycles. The first-order valence-corrected chi connectivity index (χ1v) is 14.1. The van der Waals surface area contributed by atoms with Crippen molar-refractivity contribution in [2.75, 3.05) is 29.4 Å². The van der Waals surface area contributed by atoms with Crippen molar-refractivity contribution in [3.05, 3.63) is 82.0 Å². The summed E-state index contributed by atoms with van der Waals surface area (Å²) in [6.07, 6.45) is 2.35. The number of nitrogens with one attached hydrogen (secondary N) is 1. The van der Waals surface area contributed by atoms with Crippen molar-refractivity contribution < 1.29 is 22.8 Å². The Kier molecular flexibility index (Phi) is 7.13. The monoisotopic (exact) mass is 583 g/mol. The zero-order valence-corrected chi connectivity index (χ0v) is 23.2. The van der Waals surface area contributed by atoms with E-state index in [2.05, 4.69) is 15.3 Å². The molecule has 0 atom stereocenters. The summed E-state index contributed by atoms with van der Waals surface area (Å²) >= 11 is 5.90. The number of alkyl halides is 2. The Labute approximate surface area is 240 Å². The molecule has 214 valence electrons. The van der Waals surface area contributed by atoms with Gasteiger partial charge in [-0.3, -0.25) is 14.6 Å². The number of carbonyl (C=O) groups excluding carboxylic acids is 2. The van der Waals surface area contributed by atoms with Gasteiger partial charge < -0.3 is 15.1 Å². The maximum Gasteiger partial charge on any atom is 0.281 e. The first-order chi connectivity index (χ1) is 19.7. The van der Waals surface area contributed by atoms with Gasteiger partial charge in [0.15, 0.2) is 0 Å². The summed E-state index contributed by atoms with van der Waals surface area (Å²) in [6, 6.07) is 10.6. The Bertz CT molecular complexity index is 1510. The fraction of sp³-hybridized carbons (Fsp3) is 0.400. The van der Waals surface area contributed by atoms with Crippen LogP contribution in [0.5, 0.6) is 0 Å². The van der Waals surface area contributed by atoms with Gasteiger partial charge in [-0.2, -0.15) is 0 Å². The summed E-state index contributed by atoms with van der Waals surface area (Å²) in [7, 11) is 0. The second kappa shape index (κ2) is 10.6. The van der Waals surface area contributed by atoms with Gasteiger partial charge in [0.25, 0.3) is 12.3 Å². The number of fused-ring (bicyclic) bond motifs is 2. The number of nitrogens with zero attached hydrogens (tertiary/aromatic N) is 4. The van der Waals surface area contributed by atoms with Crippen LogP contribution in [0.2, 0.25) is 5.02 Å². The van der Waals surface area contributed by atoms with Crippen LogP contribution in [-0.2, 0) is 10.2 Å². The van der Waals surface area contributed by atoms with Crippen molar-refractivity contribution in [1.82, 2.24) is 15.3 Å². The van der Waals surface area contributed by atoms with Crippen molar-refractivity contribution in [3.8, 4) is 0 Å². The molecule has 1 saturated carbocycles. The number of anilines is 2. The van der Waals surface area contributed by atoms with Crippen molar-refractivity contribution >= 4 is 34.9 Å². The second-order valence-corrected chi connectivity index (χ2v) is 11.7. The quantitative estimate of drug-likeness (QED) is 0.408. The Morgan fingerprint density at radius 2 is 1.85 bits per heavy atom. The smallest absolute Gasteiger partial charge is 0.281 e. The standard InChI is InChI=1S/C30H29ClF3N5O2/c1-17-10-25(35-13-23(17)32)38-15-30(16-38)22-4-2-3-5-24(22)39(29(30)41)14-18-6-8-20(9-7-18)37-28(40)21-11-19(31)12-36-26(21)27(33)34/h2-5,10-13,18,20,27H,6-9,14-16H2,1H3,(H,37,40)/t18-,20-. The summed E-state index contributed by atoms with van der Waals surface area (Å²) in [4.78, 5) is 38.4. The van der Waals surface area contributed by atoms with Crippen LogP contribution < -0.4 is 15.1 Å². The molecule has 0 bridgehead atoms. The molecular formula is C30H29ClF3N5O2. The number of aryl methyl sites for hydroxylation is 1. The minimum absolute atomic E-state index is 0.0668. The summed E-state index contributed by atoms with van der Waals surface area (Å²) < 4.78 is 40.5. The van der Waals surface area contributed by atoms with Gasteiger partial charge in [0.1, 0.15) is 22.7 Å². The number of pyridine rings is 2. The fourth-order valence-electron chi connectivity index (χ4n) is 6.36. The van der Waals surface area contributed by atoms with E-state index in [1.54, 1.807) is 13.0 Å². The van der Waals surface area contributed by atoms with Crippen LogP contribution in [0.3, 0.4) is 0 Å². The highest BCUT2D eigenvalue weighted by Crippen LogP contribution is 2.49. The van der Waals surface area contributed by atoms with Gasteiger partial charge in [-0.25, -0.2) is 18.2 Å². The molecule has 41 heavy (non-hydrogen) atoms. The third-order valence-corrected chi connectivity index (χ3v) is 8.81. The molecule has 4 heterocycles. The number of hydrogen-bond acceptors (Lipinski definition) is 5. The van der Waals surface area contributed by atoms with E-state index < -0.39 is 23.4 Å². The Morgan fingerprint density at radius 1 is 1.12 bits per heavy atom. The predicted molar refractivity (Wildman–Crippen MR) is 149 cm³/mol. The van der Waals surface area contributed by atoms with E-state index in [4.69, 9.17) is 11.6 Å². The highest BCUT2D eigenvalue weighted by atomic mass is 35.5. The third-order valence-electron chi connectivity index (χ3n) is 8.60. The van der Waals surface area contributed by atoms with Crippen LogP contribution >= 0.6 is 11.6 Å². The molecule has 2 fully saturated rings. The van der Waals surface area contributed by atoms with Gasteiger partial charge in [-0.05, 0) is 67.9 Å². The third kappa shape index (κ3) is 4.92. The fourth-order valence-corrected chi connectivity index (χ4v) is 6.52. The van der Waals surface area contributed by atoms with Gasteiger partial charge in [0.2, 0.25) is 5.91 Å². The van der Waals surface area contributed by atoms with E-state index in [0.717, 1.165) is 30.3 Å².